The Morgan fingerprint density at radius 2 is 2.05 bits per heavy atom. The van der Waals surface area contributed by atoms with Crippen molar-refractivity contribution in [3.8, 4) is 0 Å². The van der Waals surface area contributed by atoms with Crippen LogP contribution in [-0.4, -0.2) is 15.5 Å². The molecule has 0 saturated heterocycles. The van der Waals surface area contributed by atoms with Gasteiger partial charge in [-0.05, 0) is 35.7 Å². The van der Waals surface area contributed by atoms with E-state index in [9.17, 15) is 9.59 Å². The SMILES string of the molecule is Nc1ccc(NC(=O)Cn2cnc3sccc3c2=O)cc1. The minimum Gasteiger partial charge on any atom is -0.399 e. The Bertz CT molecular complexity index is 851. The summed E-state index contributed by atoms with van der Waals surface area (Å²) >= 11 is 1.40. The summed E-state index contributed by atoms with van der Waals surface area (Å²) in [5.74, 6) is -0.293. The first-order chi connectivity index (χ1) is 10.1. The maximum atomic E-state index is 12.2. The zero-order chi connectivity index (χ0) is 14.8. The number of thiophene rings is 1. The number of nitrogens with one attached hydrogen (secondary N) is 1. The van der Waals surface area contributed by atoms with E-state index in [0.717, 1.165) is 0 Å². The molecule has 3 aromatic rings. The quantitative estimate of drug-likeness (QED) is 0.720. The van der Waals surface area contributed by atoms with Gasteiger partial charge in [0.25, 0.3) is 5.56 Å². The van der Waals surface area contributed by atoms with Gasteiger partial charge in [0.05, 0.1) is 11.7 Å². The van der Waals surface area contributed by atoms with Crippen LogP contribution in [0.5, 0.6) is 0 Å². The Kier molecular flexibility index (Phi) is 3.41. The molecule has 0 fully saturated rings. The van der Waals surface area contributed by atoms with E-state index in [4.69, 9.17) is 5.73 Å². The lowest BCUT2D eigenvalue weighted by atomic mass is 10.3. The number of anilines is 2. The summed E-state index contributed by atoms with van der Waals surface area (Å²) in [6, 6.07) is 8.51. The summed E-state index contributed by atoms with van der Waals surface area (Å²) in [6.45, 7) is -0.0814. The molecule has 2 heterocycles. The molecule has 0 bridgehead atoms. The molecular formula is C14H12N4O2S. The third kappa shape index (κ3) is 2.77. The minimum atomic E-state index is -0.293. The number of carbonyl (C=O) groups excluding carboxylic acids is 1. The molecule has 0 spiro atoms. The van der Waals surface area contributed by atoms with Crippen molar-refractivity contribution in [2.24, 2.45) is 0 Å². The number of nitrogen functional groups attached to an aromatic ring is 1. The third-order valence-electron chi connectivity index (χ3n) is 2.96. The van der Waals surface area contributed by atoms with Gasteiger partial charge in [0.15, 0.2) is 0 Å². The van der Waals surface area contributed by atoms with Crippen molar-refractivity contribution in [2.45, 2.75) is 6.54 Å². The fourth-order valence-corrected chi connectivity index (χ4v) is 2.65. The largest absolute Gasteiger partial charge is 0.399 e. The van der Waals surface area contributed by atoms with Crippen LogP contribution in [0, 0.1) is 0 Å². The molecule has 2 aromatic heterocycles. The molecule has 0 saturated carbocycles. The molecule has 1 aromatic carbocycles. The van der Waals surface area contributed by atoms with Crippen molar-refractivity contribution in [3.63, 3.8) is 0 Å². The Morgan fingerprint density at radius 3 is 2.81 bits per heavy atom. The summed E-state index contributed by atoms with van der Waals surface area (Å²) in [7, 11) is 0. The number of amides is 1. The molecule has 6 nitrogen and oxygen atoms in total. The number of fused-ring (bicyclic) bond motifs is 1. The highest BCUT2D eigenvalue weighted by Crippen LogP contribution is 2.13. The van der Waals surface area contributed by atoms with E-state index in [1.165, 1.54) is 22.2 Å². The lowest BCUT2D eigenvalue weighted by Gasteiger charge is -2.07. The molecule has 7 heteroatoms. The van der Waals surface area contributed by atoms with Gasteiger partial charge in [0.2, 0.25) is 5.91 Å². The fraction of sp³-hybridized carbons (Fsp3) is 0.0714. The van der Waals surface area contributed by atoms with Crippen molar-refractivity contribution in [3.05, 3.63) is 52.4 Å². The molecule has 3 N–H and O–H groups in total. The fourth-order valence-electron chi connectivity index (χ4n) is 1.93. The first-order valence-electron chi connectivity index (χ1n) is 6.21. The molecule has 1 amide bonds. The van der Waals surface area contributed by atoms with Crippen LogP contribution in [0.2, 0.25) is 0 Å². The predicted molar refractivity (Wildman–Crippen MR) is 83.4 cm³/mol. The van der Waals surface area contributed by atoms with Gasteiger partial charge < -0.3 is 11.1 Å². The van der Waals surface area contributed by atoms with Crippen molar-refractivity contribution < 1.29 is 4.79 Å². The molecule has 0 aliphatic carbocycles. The lowest BCUT2D eigenvalue weighted by Crippen LogP contribution is -2.27. The van der Waals surface area contributed by atoms with Gasteiger partial charge in [0, 0.05) is 11.4 Å². The average Bonchev–Trinajstić information content (AvgIpc) is 2.94. The van der Waals surface area contributed by atoms with E-state index in [0.29, 0.717) is 21.6 Å². The molecular weight excluding hydrogens is 288 g/mol. The van der Waals surface area contributed by atoms with Crippen LogP contribution in [0.4, 0.5) is 11.4 Å². The van der Waals surface area contributed by atoms with Crippen molar-refractivity contribution in [1.29, 1.82) is 0 Å². The number of benzene rings is 1. The maximum absolute atomic E-state index is 12.2. The molecule has 0 atom stereocenters. The Labute approximate surface area is 123 Å². The monoisotopic (exact) mass is 300 g/mol. The standard InChI is InChI=1S/C14H12N4O2S/c15-9-1-3-10(4-2-9)17-12(19)7-18-8-16-13-11(14(18)20)5-6-21-13/h1-6,8H,7,15H2,(H,17,19). The first kappa shape index (κ1) is 13.3. The molecule has 106 valence electrons. The van der Waals surface area contributed by atoms with Gasteiger partial charge in [-0.1, -0.05) is 0 Å². The van der Waals surface area contributed by atoms with E-state index in [1.807, 2.05) is 0 Å². The van der Waals surface area contributed by atoms with Gasteiger partial charge in [-0.2, -0.15) is 0 Å². The molecule has 0 aliphatic heterocycles. The van der Waals surface area contributed by atoms with Crippen LogP contribution in [0.15, 0.2) is 46.8 Å². The number of nitrogens with zero attached hydrogens (tertiary/aromatic N) is 2. The predicted octanol–water partition coefficient (Wildman–Crippen LogP) is 1.68. The topological polar surface area (TPSA) is 90.0 Å². The van der Waals surface area contributed by atoms with Crippen LogP contribution in [0.25, 0.3) is 10.2 Å². The molecule has 3 rings (SSSR count). The van der Waals surface area contributed by atoms with Crippen LogP contribution < -0.4 is 16.6 Å². The second kappa shape index (κ2) is 5.37. The van der Waals surface area contributed by atoms with Crippen LogP contribution >= 0.6 is 11.3 Å². The second-order valence-electron chi connectivity index (χ2n) is 4.49. The highest BCUT2D eigenvalue weighted by molar-refractivity contribution is 7.16. The minimum absolute atomic E-state index is 0.0814. The van der Waals surface area contributed by atoms with Gasteiger partial charge >= 0.3 is 0 Å². The van der Waals surface area contributed by atoms with Crippen LogP contribution in [0.1, 0.15) is 0 Å². The summed E-state index contributed by atoms with van der Waals surface area (Å²) in [5.41, 5.74) is 6.62. The van der Waals surface area contributed by atoms with Crippen molar-refractivity contribution >= 4 is 38.8 Å². The molecule has 0 unspecified atom stereocenters. The Balaban J connectivity index is 1.78. The van der Waals surface area contributed by atoms with Gasteiger partial charge in [-0.15, -0.1) is 11.3 Å². The van der Waals surface area contributed by atoms with E-state index in [2.05, 4.69) is 10.3 Å². The molecule has 0 aliphatic rings. The van der Waals surface area contributed by atoms with Crippen molar-refractivity contribution in [1.82, 2.24) is 9.55 Å². The van der Waals surface area contributed by atoms with Crippen LogP contribution in [-0.2, 0) is 11.3 Å². The highest BCUT2D eigenvalue weighted by Gasteiger charge is 2.09. The summed E-state index contributed by atoms with van der Waals surface area (Å²) in [6.07, 6.45) is 1.39. The van der Waals surface area contributed by atoms with Crippen molar-refractivity contribution in [2.75, 3.05) is 11.1 Å². The first-order valence-corrected chi connectivity index (χ1v) is 7.09. The second-order valence-corrected chi connectivity index (χ2v) is 5.38. The number of hydrogen-bond acceptors (Lipinski definition) is 5. The zero-order valence-corrected chi connectivity index (χ0v) is 11.8. The van der Waals surface area contributed by atoms with E-state index >= 15 is 0 Å². The number of carbonyl (C=O) groups is 1. The van der Waals surface area contributed by atoms with Crippen LogP contribution in [0.3, 0.4) is 0 Å². The van der Waals surface area contributed by atoms with E-state index < -0.39 is 0 Å². The van der Waals surface area contributed by atoms with Gasteiger partial charge in [-0.25, -0.2) is 4.98 Å². The zero-order valence-electron chi connectivity index (χ0n) is 10.9. The maximum Gasteiger partial charge on any atom is 0.262 e. The Hall–Kier alpha value is -2.67. The lowest BCUT2D eigenvalue weighted by molar-refractivity contribution is -0.116. The van der Waals surface area contributed by atoms with E-state index in [-0.39, 0.29) is 18.0 Å². The summed E-state index contributed by atoms with van der Waals surface area (Å²) in [4.78, 5) is 29.0. The average molecular weight is 300 g/mol. The number of nitrogens with two attached hydrogens (primary N) is 1. The summed E-state index contributed by atoms with van der Waals surface area (Å²) < 4.78 is 1.29. The number of rotatable bonds is 3. The normalized spacial score (nSPS) is 10.7. The highest BCUT2D eigenvalue weighted by atomic mass is 32.1. The Morgan fingerprint density at radius 1 is 1.29 bits per heavy atom. The third-order valence-corrected chi connectivity index (χ3v) is 3.78. The smallest absolute Gasteiger partial charge is 0.262 e. The van der Waals surface area contributed by atoms with Gasteiger partial charge in [-0.3, -0.25) is 14.2 Å². The number of aromatic nitrogens is 2. The van der Waals surface area contributed by atoms with Gasteiger partial charge in [0.1, 0.15) is 11.4 Å². The molecule has 21 heavy (non-hydrogen) atoms. The molecule has 0 radical (unpaired) electrons. The summed E-state index contributed by atoms with van der Waals surface area (Å²) in [5, 5.41) is 5.04. The van der Waals surface area contributed by atoms with E-state index in [1.54, 1.807) is 35.7 Å². The number of hydrogen-bond donors (Lipinski definition) is 2.